The minimum atomic E-state index is 0.938. The number of aryl methyl sites for hydroxylation is 2. The van der Waals surface area contributed by atoms with Crippen LogP contribution in [0.2, 0.25) is 0 Å². The molecule has 3 heteroatoms. The first kappa shape index (κ1) is 13.8. The average molecular weight is 257 g/mol. The molecule has 2 aromatic rings. The van der Waals surface area contributed by atoms with Crippen LogP contribution in [0.4, 0.5) is 0 Å². The lowest BCUT2D eigenvalue weighted by Gasteiger charge is -2.16. The number of benzene rings is 1. The van der Waals surface area contributed by atoms with Crippen LogP contribution in [-0.2, 0) is 19.6 Å². The van der Waals surface area contributed by atoms with Crippen LogP contribution < -0.4 is 0 Å². The van der Waals surface area contributed by atoms with Gasteiger partial charge in [-0.1, -0.05) is 29.8 Å². The Hall–Kier alpha value is -1.61. The highest BCUT2D eigenvalue weighted by Gasteiger charge is 2.08. The van der Waals surface area contributed by atoms with E-state index in [-0.39, 0.29) is 0 Å². The molecule has 0 unspecified atom stereocenters. The van der Waals surface area contributed by atoms with Gasteiger partial charge in [0.05, 0.1) is 6.20 Å². The van der Waals surface area contributed by atoms with Crippen LogP contribution >= 0.6 is 0 Å². The fourth-order valence-corrected chi connectivity index (χ4v) is 2.31. The molecule has 1 aromatic carbocycles. The fourth-order valence-electron chi connectivity index (χ4n) is 2.31. The number of nitrogens with zero attached hydrogens (tertiary/aromatic N) is 3. The van der Waals surface area contributed by atoms with Gasteiger partial charge in [0.2, 0.25) is 0 Å². The molecule has 0 saturated heterocycles. The molecule has 0 atom stereocenters. The normalized spacial score (nSPS) is 11.2. The first-order valence-electron chi connectivity index (χ1n) is 6.85. The molecule has 0 N–H and O–H groups in total. The average Bonchev–Trinajstić information content (AvgIpc) is 2.73. The van der Waals surface area contributed by atoms with E-state index in [1.54, 1.807) is 0 Å². The molecule has 0 aliphatic carbocycles. The first-order valence-corrected chi connectivity index (χ1v) is 6.85. The molecule has 3 nitrogen and oxygen atoms in total. The van der Waals surface area contributed by atoms with Gasteiger partial charge < -0.3 is 0 Å². The second-order valence-corrected chi connectivity index (χ2v) is 5.23. The van der Waals surface area contributed by atoms with Gasteiger partial charge in [-0.05, 0) is 33.4 Å². The summed E-state index contributed by atoms with van der Waals surface area (Å²) in [6, 6.07) is 8.75. The predicted octanol–water partition coefficient (Wildman–Crippen LogP) is 3.15. The van der Waals surface area contributed by atoms with E-state index >= 15 is 0 Å². The molecule has 19 heavy (non-hydrogen) atoms. The van der Waals surface area contributed by atoms with Crippen LogP contribution in [0.15, 0.2) is 30.5 Å². The smallest absolute Gasteiger partial charge is 0.0537 e. The van der Waals surface area contributed by atoms with Gasteiger partial charge in [0.15, 0.2) is 0 Å². The maximum atomic E-state index is 4.40. The summed E-state index contributed by atoms with van der Waals surface area (Å²) in [5.41, 5.74) is 5.26. The van der Waals surface area contributed by atoms with Gasteiger partial charge in [-0.25, -0.2) is 0 Å². The standard InChI is InChI=1S/C16H23N3/c1-5-19-14(3)16(10-17-19)12-18(4)11-15-8-6-13(2)7-9-15/h6-10H,5,11-12H2,1-4H3. The number of hydrogen-bond acceptors (Lipinski definition) is 2. The highest BCUT2D eigenvalue weighted by molar-refractivity contribution is 5.21. The zero-order valence-corrected chi connectivity index (χ0v) is 12.3. The Morgan fingerprint density at radius 2 is 1.79 bits per heavy atom. The van der Waals surface area contributed by atoms with Gasteiger partial charge in [0.1, 0.15) is 0 Å². The van der Waals surface area contributed by atoms with Gasteiger partial charge in [-0.3, -0.25) is 9.58 Å². The third-order valence-electron chi connectivity index (χ3n) is 3.52. The number of rotatable bonds is 5. The molecule has 0 amide bonds. The van der Waals surface area contributed by atoms with Gasteiger partial charge in [-0.2, -0.15) is 5.10 Å². The molecule has 0 bridgehead atoms. The van der Waals surface area contributed by atoms with Crippen molar-refractivity contribution in [1.82, 2.24) is 14.7 Å². The third-order valence-corrected chi connectivity index (χ3v) is 3.52. The quantitative estimate of drug-likeness (QED) is 0.820. The van der Waals surface area contributed by atoms with Crippen molar-refractivity contribution < 1.29 is 0 Å². The van der Waals surface area contributed by atoms with Crippen molar-refractivity contribution in [2.75, 3.05) is 7.05 Å². The third kappa shape index (κ3) is 3.44. The Balaban J connectivity index is 1.99. The summed E-state index contributed by atoms with van der Waals surface area (Å²) in [4.78, 5) is 2.33. The summed E-state index contributed by atoms with van der Waals surface area (Å²) in [5.74, 6) is 0. The van der Waals surface area contributed by atoms with E-state index in [0.29, 0.717) is 0 Å². The minimum absolute atomic E-state index is 0.938. The number of aromatic nitrogens is 2. The van der Waals surface area contributed by atoms with Gasteiger partial charge in [0.25, 0.3) is 0 Å². The topological polar surface area (TPSA) is 21.1 Å². The lowest BCUT2D eigenvalue weighted by atomic mass is 10.1. The molecule has 0 spiro atoms. The molecule has 0 fully saturated rings. The predicted molar refractivity (Wildman–Crippen MR) is 79.0 cm³/mol. The van der Waals surface area contributed by atoms with Crippen molar-refractivity contribution >= 4 is 0 Å². The molecular formula is C16H23N3. The summed E-state index contributed by atoms with van der Waals surface area (Å²) < 4.78 is 2.05. The Labute approximate surface area is 115 Å². The molecule has 2 rings (SSSR count). The Morgan fingerprint density at radius 1 is 1.11 bits per heavy atom. The summed E-state index contributed by atoms with van der Waals surface area (Å²) in [5, 5.41) is 4.40. The molecule has 1 aromatic heterocycles. The van der Waals surface area contributed by atoms with Crippen LogP contribution in [-0.4, -0.2) is 21.7 Å². The van der Waals surface area contributed by atoms with Crippen LogP contribution in [0.5, 0.6) is 0 Å². The van der Waals surface area contributed by atoms with E-state index in [4.69, 9.17) is 0 Å². The monoisotopic (exact) mass is 257 g/mol. The highest BCUT2D eigenvalue weighted by atomic mass is 15.3. The van der Waals surface area contributed by atoms with Crippen LogP contribution in [0, 0.1) is 13.8 Å². The summed E-state index contributed by atoms with van der Waals surface area (Å²) in [7, 11) is 2.16. The van der Waals surface area contributed by atoms with E-state index in [2.05, 4.69) is 66.8 Å². The van der Waals surface area contributed by atoms with Crippen molar-refractivity contribution in [2.24, 2.45) is 0 Å². The van der Waals surface area contributed by atoms with E-state index in [1.165, 1.54) is 22.4 Å². The molecule has 1 heterocycles. The zero-order chi connectivity index (χ0) is 13.8. The molecular weight excluding hydrogens is 234 g/mol. The van der Waals surface area contributed by atoms with Crippen molar-refractivity contribution in [3.63, 3.8) is 0 Å². The number of hydrogen-bond donors (Lipinski definition) is 0. The fraction of sp³-hybridized carbons (Fsp3) is 0.438. The highest BCUT2D eigenvalue weighted by Crippen LogP contribution is 2.12. The maximum absolute atomic E-state index is 4.40. The summed E-state index contributed by atoms with van der Waals surface area (Å²) >= 11 is 0. The van der Waals surface area contributed by atoms with E-state index in [9.17, 15) is 0 Å². The zero-order valence-electron chi connectivity index (χ0n) is 12.3. The molecule has 0 saturated carbocycles. The second kappa shape index (κ2) is 6.02. The lowest BCUT2D eigenvalue weighted by Crippen LogP contribution is -2.17. The summed E-state index contributed by atoms with van der Waals surface area (Å²) in [6.45, 7) is 9.24. The van der Waals surface area contributed by atoms with Gasteiger partial charge in [0, 0.05) is 30.9 Å². The minimum Gasteiger partial charge on any atom is -0.298 e. The molecule has 0 radical (unpaired) electrons. The second-order valence-electron chi connectivity index (χ2n) is 5.23. The van der Waals surface area contributed by atoms with Gasteiger partial charge in [-0.15, -0.1) is 0 Å². The van der Waals surface area contributed by atoms with Crippen LogP contribution in [0.3, 0.4) is 0 Å². The molecule has 0 aliphatic rings. The molecule has 102 valence electrons. The van der Waals surface area contributed by atoms with Crippen molar-refractivity contribution in [3.8, 4) is 0 Å². The largest absolute Gasteiger partial charge is 0.298 e. The summed E-state index contributed by atoms with van der Waals surface area (Å²) in [6.07, 6.45) is 1.99. The first-order chi connectivity index (χ1) is 9.10. The Kier molecular flexibility index (Phi) is 4.38. The van der Waals surface area contributed by atoms with Crippen molar-refractivity contribution in [1.29, 1.82) is 0 Å². The Morgan fingerprint density at radius 3 is 2.37 bits per heavy atom. The van der Waals surface area contributed by atoms with Crippen LogP contribution in [0.25, 0.3) is 0 Å². The maximum Gasteiger partial charge on any atom is 0.0537 e. The van der Waals surface area contributed by atoms with E-state index in [1.807, 2.05) is 6.20 Å². The van der Waals surface area contributed by atoms with Crippen molar-refractivity contribution in [3.05, 3.63) is 52.8 Å². The van der Waals surface area contributed by atoms with E-state index in [0.717, 1.165) is 19.6 Å². The SMILES string of the molecule is CCn1ncc(CN(C)Cc2ccc(C)cc2)c1C. The Bertz CT molecular complexity index is 525. The lowest BCUT2D eigenvalue weighted by molar-refractivity contribution is 0.318. The van der Waals surface area contributed by atoms with E-state index < -0.39 is 0 Å². The van der Waals surface area contributed by atoms with Crippen LogP contribution in [0.1, 0.15) is 29.3 Å². The molecule has 0 aliphatic heterocycles. The van der Waals surface area contributed by atoms with Gasteiger partial charge >= 0.3 is 0 Å². The van der Waals surface area contributed by atoms with Crippen molar-refractivity contribution in [2.45, 2.75) is 40.4 Å².